The lowest BCUT2D eigenvalue weighted by molar-refractivity contribution is -0.258. The van der Waals surface area contributed by atoms with Crippen LogP contribution in [0.15, 0.2) is 0 Å². The molecule has 1 aliphatic heterocycles. The van der Waals surface area contributed by atoms with E-state index in [1.54, 1.807) is 0 Å². The first kappa shape index (κ1) is 19.4. The third-order valence-electron chi connectivity index (χ3n) is 2.51. The fraction of sp³-hybridized carbons (Fsp3) is 0.727. The first-order valence-electron chi connectivity index (χ1n) is 5.90. The van der Waals surface area contributed by atoms with Gasteiger partial charge in [0.05, 0.1) is 12.6 Å². The van der Waals surface area contributed by atoms with Crippen molar-refractivity contribution in [1.82, 2.24) is 0 Å². The minimum Gasteiger partial charge on any atom is -0.476 e. The zero-order valence-corrected chi connectivity index (χ0v) is 11.5. The smallest absolute Gasteiger partial charge is 0.371 e. The third kappa shape index (κ3) is 6.14. The molecule has 5 atom stereocenters. The summed E-state index contributed by atoms with van der Waals surface area (Å²) in [6, 6.07) is -1.04. The van der Waals surface area contributed by atoms with Crippen LogP contribution in [0, 0.1) is 0 Å². The van der Waals surface area contributed by atoms with Gasteiger partial charge in [-0.3, -0.25) is 9.59 Å². The van der Waals surface area contributed by atoms with E-state index in [2.05, 4.69) is 4.74 Å². The van der Waals surface area contributed by atoms with Crippen LogP contribution < -0.4 is 5.73 Å². The van der Waals surface area contributed by atoms with Gasteiger partial charge in [-0.15, -0.1) is 0 Å². The highest BCUT2D eigenvalue weighted by molar-refractivity contribution is 6.31. The van der Waals surface area contributed by atoms with E-state index in [0.29, 0.717) is 0 Å². The largest absolute Gasteiger partial charge is 0.476 e. The van der Waals surface area contributed by atoms with Crippen molar-refractivity contribution in [3.63, 3.8) is 0 Å². The average molecular weight is 309 g/mol. The molecule has 10 heteroatoms. The van der Waals surface area contributed by atoms with E-state index in [0.717, 1.165) is 6.92 Å². The van der Waals surface area contributed by atoms with Crippen molar-refractivity contribution in [3.05, 3.63) is 0 Å². The number of carbonyl (C=O) groups is 3. The van der Waals surface area contributed by atoms with Gasteiger partial charge >= 0.3 is 11.9 Å². The minimum absolute atomic E-state index is 0.497. The predicted octanol–water partition coefficient (Wildman–Crippen LogP) is -3.02. The van der Waals surface area contributed by atoms with Crippen LogP contribution in [0.5, 0.6) is 0 Å². The fourth-order valence-corrected chi connectivity index (χ4v) is 1.37. The molecular formula is C11H19NO9. The van der Waals surface area contributed by atoms with Gasteiger partial charge < -0.3 is 35.6 Å². The monoisotopic (exact) mass is 309 g/mol. The Hall–Kier alpha value is -1.59. The molecule has 1 aliphatic rings. The molecule has 122 valence electrons. The van der Waals surface area contributed by atoms with Crippen LogP contribution in [0.2, 0.25) is 0 Å². The molecule has 21 heavy (non-hydrogen) atoms. The number of carboxylic acids is 1. The molecule has 1 rings (SSSR count). The van der Waals surface area contributed by atoms with E-state index in [-0.39, 0.29) is 0 Å². The lowest BCUT2D eigenvalue weighted by Gasteiger charge is -2.39. The second-order valence-electron chi connectivity index (χ2n) is 4.25. The maximum absolute atomic E-state index is 10.7. The topological polar surface area (TPSA) is 177 Å². The van der Waals surface area contributed by atoms with Crippen LogP contribution in [0.4, 0.5) is 0 Å². The van der Waals surface area contributed by atoms with Crippen LogP contribution in [0.1, 0.15) is 13.8 Å². The summed E-state index contributed by atoms with van der Waals surface area (Å²) >= 11 is 0. The lowest BCUT2D eigenvalue weighted by Crippen LogP contribution is -2.62. The van der Waals surface area contributed by atoms with Gasteiger partial charge in [-0.1, -0.05) is 0 Å². The number of aliphatic carboxylic acids is 1. The molecule has 0 aromatic heterocycles. The number of carboxylic acid groups (broad SMARTS) is 1. The maximum Gasteiger partial charge on any atom is 0.371 e. The SMILES string of the molecule is CC(=O)C(=O)O.CC(=O)OC1O[C@H](CO)[C@@H](O)[C@H](O)[C@@H]1N. The van der Waals surface area contributed by atoms with Gasteiger partial charge in [0.15, 0.2) is 0 Å². The molecule has 0 saturated carbocycles. The molecule has 0 aromatic carbocycles. The van der Waals surface area contributed by atoms with Crippen molar-refractivity contribution in [1.29, 1.82) is 0 Å². The zero-order valence-electron chi connectivity index (χ0n) is 11.5. The molecule has 10 nitrogen and oxygen atoms in total. The van der Waals surface area contributed by atoms with Crippen molar-refractivity contribution in [2.45, 2.75) is 44.5 Å². The predicted molar refractivity (Wildman–Crippen MR) is 65.8 cm³/mol. The van der Waals surface area contributed by atoms with E-state index in [4.69, 9.17) is 20.7 Å². The standard InChI is InChI=1S/C8H15NO6.C3H4O3/c1-3(11)14-8-5(9)7(13)6(12)4(2-10)15-8;1-2(4)3(5)6/h4-8,10,12-13H,2,9H2,1H3;1H3,(H,5,6)/t4-,5+,6-,7-,8?;/m1./s1. The highest BCUT2D eigenvalue weighted by Gasteiger charge is 2.43. The Morgan fingerprint density at radius 1 is 1.19 bits per heavy atom. The van der Waals surface area contributed by atoms with E-state index in [9.17, 15) is 24.6 Å². The number of rotatable bonds is 3. The molecule has 0 radical (unpaired) electrons. The number of carbonyl (C=O) groups excluding carboxylic acids is 2. The van der Waals surface area contributed by atoms with E-state index in [1.807, 2.05) is 0 Å². The maximum atomic E-state index is 10.7. The molecule has 1 saturated heterocycles. The number of hydrogen-bond acceptors (Lipinski definition) is 9. The van der Waals surface area contributed by atoms with Gasteiger partial charge in [0.1, 0.15) is 18.3 Å². The Bertz CT molecular complexity index is 372. The van der Waals surface area contributed by atoms with Crippen LogP contribution in [-0.2, 0) is 23.9 Å². The number of Topliss-reactive ketones (excluding diaryl/α,β-unsaturated/α-hetero) is 1. The summed E-state index contributed by atoms with van der Waals surface area (Å²) in [5, 5.41) is 35.4. The molecular weight excluding hydrogens is 290 g/mol. The number of ketones is 1. The molecule has 0 aliphatic carbocycles. The molecule has 1 fully saturated rings. The summed E-state index contributed by atoms with van der Waals surface area (Å²) in [7, 11) is 0. The summed E-state index contributed by atoms with van der Waals surface area (Å²) in [5.41, 5.74) is 5.48. The Morgan fingerprint density at radius 3 is 2.00 bits per heavy atom. The molecule has 1 unspecified atom stereocenters. The second kappa shape index (κ2) is 8.64. The first-order chi connectivity index (χ1) is 9.61. The van der Waals surface area contributed by atoms with Gasteiger partial charge in [-0.05, 0) is 0 Å². The summed E-state index contributed by atoms with van der Waals surface area (Å²) in [4.78, 5) is 29.6. The summed E-state index contributed by atoms with van der Waals surface area (Å²) < 4.78 is 9.70. The second-order valence-corrected chi connectivity index (χ2v) is 4.25. The molecule has 6 N–H and O–H groups in total. The third-order valence-corrected chi connectivity index (χ3v) is 2.51. The number of aliphatic hydroxyl groups is 3. The number of nitrogens with two attached hydrogens (primary N) is 1. The zero-order chi connectivity index (χ0) is 16.7. The van der Waals surface area contributed by atoms with Crippen molar-refractivity contribution < 1.29 is 44.3 Å². The number of esters is 1. The average Bonchev–Trinajstić information content (AvgIpc) is 2.39. The van der Waals surface area contributed by atoms with Crippen LogP contribution in [0.3, 0.4) is 0 Å². The van der Waals surface area contributed by atoms with Crippen molar-refractivity contribution in [3.8, 4) is 0 Å². The van der Waals surface area contributed by atoms with E-state index in [1.165, 1.54) is 6.92 Å². The fourth-order valence-electron chi connectivity index (χ4n) is 1.37. The van der Waals surface area contributed by atoms with Gasteiger partial charge in [-0.25, -0.2) is 4.79 Å². The molecule has 0 spiro atoms. The summed E-state index contributed by atoms with van der Waals surface area (Å²) in [5.74, 6) is -2.82. The van der Waals surface area contributed by atoms with E-state index < -0.39 is 55.0 Å². The molecule has 0 aromatic rings. The Kier molecular flexibility index (Phi) is 7.99. The molecule has 0 amide bonds. The Labute approximate surface area is 120 Å². The highest BCUT2D eigenvalue weighted by Crippen LogP contribution is 2.20. The molecule has 0 bridgehead atoms. The number of ether oxygens (including phenoxy) is 2. The van der Waals surface area contributed by atoms with Crippen molar-refractivity contribution >= 4 is 17.7 Å². The van der Waals surface area contributed by atoms with Crippen LogP contribution in [-0.4, -0.2) is 75.4 Å². The molecule has 1 heterocycles. The first-order valence-corrected chi connectivity index (χ1v) is 5.90. The highest BCUT2D eigenvalue weighted by atomic mass is 16.7. The number of hydrogen-bond donors (Lipinski definition) is 5. The van der Waals surface area contributed by atoms with Crippen LogP contribution in [0.25, 0.3) is 0 Å². The van der Waals surface area contributed by atoms with Gasteiger partial charge in [0.25, 0.3) is 0 Å². The Morgan fingerprint density at radius 2 is 1.67 bits per heavy atom. The van der Waals surface area contributed by atoms with Gasteiger partial charge in [0, 0.05) is 13.8 Å². The Balaban J connectivity index is 0.000000567. The van der Waals surface area contributed by atoms with Gasteiger partial charge in [-0.2, -0.15) is 0 Å². The van der Waals surface area contributed by atoms with E-state index >= 15 is 0 Å². The number of aliphatic hydroxyl groups excluding tert-OH is 3. The minimum atomic E-state index is -1.38. The summed E-state index contributed by atoms with van der Waals surface area (Å²) in [6.45, 7) is 1.67. The summed E-state index contributed by atoms with van der Waals surface area (Å²) in [6.07, 6.45) is -4.76. The van der Waals surface area contributed by atoms with Crippen molar-refractivity contribution in [2.24, 2.45) is 5.73 Å². The van der Waals surface area contributed by atoms with Crippen LogP contribution >= 0.6 is 0 Å². The lowest BCUT2D eigenvalue weighted by atomic mass is 9.98. The normalized spacial score (nSPS) is 31.6. The van der Waals surface area contributed by atoms with Gasteiger partial charge in [0.2, 0.25) is 12.1 Å². The quantitative estimate of drug-likeness (QED) is 0.266. The van der Waals surface area contributed by atoms with Crippen molar-refractivity contribution in [2.75, 3.05) is 6.61 Å².